The highest BCUT2D eigenvalue weighted by Crippen LogP contribution is 2.36. The van der Waals surface area contributed by atoms with Crippen LogP contribution in [0.1, 0.15) is 113 Å². The van der Waals surface area contributed by atoms with Crippen molar-refractivity contribution in [2.45, 2.75) is 117 Å². The van der Waals surface area contributed by atoms with E-state index in [0.29, 0.717) is 31.7 Å². The molecule has 2 heterocycles. The maximum Gasteiger partial charge on any atom is 0.246 e. The van der Waals surface area contributed by atoms with Gasteiger partial charge < -0.3 is 35.4 Å². The van der Waals surface area contributed by atoms with Crippen LogP contribution in [0.15, 0.2) is 109 Å². The van der Waals surface area contributed by atoms with Gasteiger partial charge in [-0.1, -0.05) is 126 Å². The number of thiazole rings is 1. The number of β-amino-alcohol motifs (C(OH)–C–C–N with tert-alkyl or cyclic N) is 1. The number of carbonyl (C=O) groups excluding carboxylic acids is 4. The molecule has 0 spiro atoms. The van der Waals surface area contributed by atoms with Crippen molar-refractivity contribution in [3.63, 3.8) is 0 Å². The maximum atomic E-state index is 14.0. The van der Waals surface area contributed by atoms with Gasteiger partial charge in [-0.15, -0.1) is 11.3 Å². The number of rotatable bonds is 22. The first-order valence-corrected chi connectivity index (χ1v) is 25.1. The number of unbranched alkanes of at least 4 members (excludes halogenated alkanes) is 4. The Balaban J connectivity index is 0.886. The van der Waals surface area contributed by atoms with Crippen molar-refractivity contribution in [3.8, 4) is 21.9 Å². The first-order valence-electron chi connectivity index (χ1n) is 24.2. The number of aliphatic hydroxyl groups is 1. The fraction of sp³-hybridized carbons (Fsp3) is 0.411. The van der Waals surface area contributed by atoms with E-state index in [2.05, 4.69) is 46.8 Å². The predicted molar refractivity (Wildman–Crippen MR) is 274 cm³/mol. The number of carbonyl (C=O) groups is 4. The van der Waals surface area contributed by atoms with Gasteiger partial charge in [0.15, 0.2) is 0 Å². The third kappa shape index (κ3) is 14.6. The van der Waals surface area contributed by atoms with Gasteiger partial charge in [0.05, 0.1) is 28.7 Å². The average molecular weight is 956 g/mol. The van der Waals surface area contributed by atoms with Crippen LogP contribution in [0.2, 0.25) is 0 Å². The Morgan fingerprint density at radius 2 is 1.49 bits per heavy atom. The van der Waals surface area contributed by atoms with Crippen molar-refractivity contribution >= 4 is 46.1 Å². The molecule has 3 atom stereocenters. The van der Waals surface area contributed by atoms with Gasteiger partial charge in [-0.25, -0.2) is 4.98 Å². The number of likely N-dealkylation sites (N-methyl/N-ethyl adjacent to an activating group) is 1. The summed E-state index contributed by atoms with van der Waals surface area (Å²) in [5.74, 6) is 0.0300. The summed E-state index contributed by atoms with van der Waals surface area (Å²) in [6, 6.07) is 31.8. The molecule has 4 aromatic carbocycles. The summed E-state index contributed by atoms with van der Waals surface area (Å²) in [4.78, 5) is 62.2. The zero-order chi connectivity index (χ0) is 49.5. The molecule has 0 bridgehead atoms. The van der Waals surface area contributed by atoms with E-state index >= 15 is 0 Å². The zero-order valence-corrected chi connectivity index (χ0v) is 41.8. The highest BCUT2D eigenvalue weighted by molar-refractivity contribution is 7.13. The minimum atomic E-state index is -0.880. The molecule has 13 heteroatoms. The Kier molecular flexibility index (Phi) is 18.7. The number of benzene rings is 4. The van der Waals surface area contributed by atoms with E-state index in [1.54, 1.807) is 35.4 Å². The van der Waals surface area contributed by atoms with E-state index in [9.17, 15) is 29.4 Å². The lowest BCUT2D eigenvalue weighted by molar-refractivity contribution is -0.144. The van der Waals surface area contributed by atoms with Crippen LogP contribution >= 0.6 is 11.3 Å². The van der Waals surface area contributed by atoms with Gasteiger partial charge in [-0.2, -0.15) is 0 Å². The molecular weight excluding hydrogens is 887 g/mol. The number of hydrogen-bond donors (Lipinski definition) is 4. The van der Waals surface area contributed by atoms with Gasteiger partial charge in [-0.3, -0.25) is 19.2 Å². The van der Waals surface area contributed by atoms with Crippen molar-refractivity contribution in [2.24, 2.45) is 5.41 Å². The van der Waals surface area contributed by atoms with Crippen LogP contribution in [0.3, 0.4) is 0 Å². The Morgan fingerprint density at radius 1 is 0.855 bits per heavy atom. The number of nitrogens with one attached hydrogen (secondary N) is 2. The molecule has 12 nitrogen and oxygen atoms in total. The number of likely N-dealkylation sites (tertiary alicyclic amines) is 1. The molecule has 0 unspecified atom stereocenters. The summed E-state index contributed by atoms with van der Waals surface area (Å²) in [5.41, 5.74) is 9.62. The van der Waals surface area contributed by atoms with E-state index in [0.717, 1.165) is 76.1 Å². The van der Waals surface area contributed by atoms with Crippen LogP contribution in [0.4, 0.5) is 0 Å². The molecule has 366 valence electrons. The number of aliphatic hydroxyl groups excluding tert-OH is 1. The smallest absolute Gasteiger partial charge is 0.246 e. The molecule has 1 aliphatic heterocycles. The highest BCUT2D eigenvalue weighted by atomic mass is 32.1. The second-order valence-corrected chi connectivity index (χ2v) is 19.9. The van der Waals surface area contributed by atoms with E-state index < -0.39 is 23.6 Å². The van der Waals surface area contributed by atoms with Crippen LogP contribution in [-0.2, 0) is 25.7 Å². The number of phenols is 1. The molecule has 0 aliphatic carbocycles. The molecule has 1 aromatic heterocycles. The molecule has 1 fully saturated rings. The molecule has 1 saturated heterocycles. The fourth-order valence-corrected chi connectivity index (χ4v) is 9.56. The van der Waals surface area contributed by atoms with Crippen LogP contribution in [-0.4, -0.2) is 93.6 Å². The quantitative estimate of drug-likeness (QED) is 0.0394. The number of ether oxygens (including phenoxy) is 1. The van der Waals surface area contributed by atoms with Crippen molar-refractivity contribution < 1.29 is 34.1 Å². The Morgan fingerprint density at radius 3 is 2.12 bits per heavy atom. The van der Waals surface area contributed by atoms with Gasteiger partial charge >= 0.3 is 0 Å². The van der Waals surface area contributed by atoms with Gasteiger partial charge in [0.1, 0.15) is 30.2 Å². The minimum Gasteiger partial charge on any atom is -0.508 e. The third-order valence-electron chi connectivity index (χ3n) is 12.7. The number of aromatic nitrogens is 1. The lowest BCUT2D eigenvalue weighted by Gasteiger charge is -2.35. The van der Waals surface area contributed by atoms with Gasteiger partial charge in [0.25, 0.3) is 0 Å². The predicted octanol–water partition coefficient (Wildman–Crippen LogP) is 9.57. The zero-order valence-electron chi connectivity index (χ0n) is 41.0. The second-order valence-electron chi connectivity index (χ2n) is 19.0. The van der Waals surface area contributed by atoms with Gasteiger partial charge in [0.2, 0.25) is 23.6 Å². The molecule has 69 heavy (non-hydrogen) atoms. The number of phenolic OH excluding ortho intramolecular Hbond substituents is 1. The second kappa shape index (κ2) is 24.8. The van der Waals surface area contributed by atoms with Crippen LogP contribution in [0.5, 0.6) is 11.5 Å². The molecule has 0 saturated carbocycles. The summed E-state index contributed by atoms with van der Waals surface area (Å²) in [6.07, 6.45) is 4.71. The lowest BCUT2D eigenvalue weighted by atomic mass is 9.85. The number of amides is 4. The largest absolute Gasteiger partial charge is 0.508 e. The molecular formula is C56H69N5O7S. The number of aryl methyl sites for hydroxylation is 1. The fourth-order valence-electron chi connectivity index (χ4n) is 8.75. The molecule has 5 aromatic rings. The Labute approximate surface area is 411 Å². The standard InChI is InChI=1S/C56H69N5O7S/c1-7-47(40-16-12-11-13-17-40)51(41-24-28-44(62)29-25-41)42-26-30-46(31-27-42)68-33-32-60(6)50(65)19-15-10-8-9-14-18-49(64)59-53(56(3,4)5)55(67)61-36-45(63)34-48(61)54(66)57-35-39-20-22-43(23-21-39)52-38(2)58-37-69-52/h11-13,16-17,20-31,37,45,48,53,62-63H,7-10,14-15,18-19,32-36H2,1-6H3,(H,57,66)(H,59,64)/b51-47+/t45-,48+,53-/m1/s1. The molecule has 1 aliphatic rings. The Hall–Kier alpha value is -6.31. The van der Waals surface area contributed by atoms with Crippen LogP contribution < -0.4 is 15.4 Å². The lowest BCUT2D eigenvalue weighted by Crippen LogP contribution is -2.57. The summed E-state index contributed by atoms with van der Waals surface area (Å²) in [7, 11) is 1.79. The molecule has 4 N–H and O–H groups in total. The number of allylic oxidation sites excluding steroid dienone is 1. The summed E-state index contributed by atoms with van der Waals surface area (Å²) in [5, 5.41) is 26.5. The first-order chi connectivity index (χ1) is 33.1. The van der Waals surface area contributed by atoms with Crippen LogP contribution in [0.25, 0.3) is 21.6 Å². The van der Waals surface area contributed by atoms with Crippen molar-refractivity contribution in [2.75, 3.05) is 26.7 Å². The highest BCUT2D eigenvalue weighted by Gasteiger charge is 2.44. The minimum absolute atomic E-state index is 0.0160. The molecule has 4 amide bonds. The van der Waals surface area contributed by atoms with E-state index in [4.69, 9.17) is 4.74 Å². The van der Waals surface area contributed by atoms with E-state index in [-0.39, 0.29) is 55.3 Å². The van der Waals surface area contributed by atoms with Crippen molar-refractivity contribution in [3.05, 3.63) is 137 Å². The number of aromatic hydroxyl groups is 1. The summed E-state index contributed by atoms with van der Waals surface area (Å²) in [6.45, 7) is 10.9. The normalized spacial score (nSPS) is 15.6. The first kappa shape index (κ1) is 52.1. The van der Waals surface area contributed by atoms with Crippen molar-refractivity contribution in [1.29, 1.82) is 0 Å². The summed E-state index contributed by atoms with van der Waals surface area (Å²) >= 11 is 1.58. The van der Waals surface area contributed by atoms with Crippen molar-refractivity contribution in [1.82, 2.24) is 25.4 Å². The summed E-state index contributed by atoms with van der Waals surface area (Å²) < 4.78 is 6.06. The number of hydrogen-bond acceptors (Lipinski definition) is 9. The average Bonchev–Trinajstić information content (AvgIpc) is 3.96. The van der Waals surface area contributed by atoms with E-state index in [1.807, 2.05) is 99.9 Å². The molecule has 0 radical (unpaired) electrons. The topological polar surface area (TPSA) is 161 Å². The third-order valence-corrected chi connectivity index (χ3v) is 13.7. The number of nitrogens with zero attached hydrogens (tertiary/aromatic N) is 3. The SMILES string of the molecule is CC/C(=C(/c1ccc(O)cc1)c1ccc(OCCN(C)C(=O)CCCCCCCC(=O)N[C@H](C(=O)N2C[C@H](O)C[C@H]2C(=O)NCc2ccc(-c3scnc3C)cc2)C(C)(C)C)cc1)c1ccccc1. The Bertz CT molecular complexity index is 2500. The van der Waals surface area contributed by atoms with Gasteiger partial charge in [0, 0.05) is 39.4 Å². The van der Waals surface area contributed by atoms with Crippen LogP contribution in [0, 0.1) is 12.3 Å². The van der Waals surface area contributed by atoms with E-state index in [1.165, 1.54) is 10.5 Å². The molecule has 6 rings (SSSR count). The monoisotopic (exact) mass is 955 g/mol. The maximum absolute atomic E-state index is 14.0. The van der Waals surface area contributed by atoms with Gasteiger partial charge in [-0.05, 0) is 94.8 Å².